The molecule has 0 spiro atoms. The zero-order chi connectivity index (χ0) is 11.3. The maximum Gasteiger partial charge on any atom is 0.371 e. The van der Waals surface area contributed by atoms with E-state index in [4.69, 9.17) is 9.52 Å². The number of hydrogen-bond acceptors (Lipinski definition) is 3. The summed E-state index contributed by atoms with van der Waals surface area (Å²) in [6.45, 7) is 3.64. The minimum atomic E-state index is -1.11. The molecule has 0 aliphatic heterocycles. The van der Waals surface area contributed by atoms with Crippen molar-refractivity contribution >= 4 is 5.97 Å². The molecule has 0 bridgehead atoms. The molecule has 1 atom stereocenters. The first kappa shape index (κ1) is 10.2. The van der Waals surface area contributed by atoms with Crippen molar-refractivity contribution in [2.75, 3.05) is 0 Å². The molecule has 1 heterocycles. The van der Waals surface area contributed by atoms with Crippen molar-refractivity contribution in [1.82, 2.24) is 0 Å². The van der Waals surface area contributed by atoms with Gasteiger partial charge in [-0.05, 0) is 31.9 Å². The van der Waals surface area contributed by atoms with Crippen LogP contribution in [0.3, 0.4) is 0 Å². The van der Waals surface area contributed by atoms with E-state index in [0.717, 1.165) is 12.8 Å². The molecular formula is C11H14O4. The molecule has 2 rings (SSSR count). The van der Waals surface area contributed by atoms with Crippen LogP contribution in [0.25, 0.3) is 0 Å². The third-order valence-corrected chi connectivity index (χ3v) is 3.47. The molecule has 1 fully saturated rings. The molecule has 4 heteroatoms. The zero-order valence-electron chi connectivity index (χ0n) is 8.78. The number of aromatic carboxylic acids is 1. The van der Waals surface area contributed by atoms with E-state index in [0.29, 0.717) is 5.76 Å². The Hall–Kier alpha value is -1.29. The number of carbonyl (C=O) groups is 1. The largest absolute Gasteiger partial charge is 0.475 e. The van der Waals surface area contributed by atoms with Crippen molar-refractivity contribution in [3.05, 3.63) is 23.7 Å². The Labute approximate surface area is 87.5 Å². The van der Waals surface area contributed by atoms with Crippen LogP contribution in [-0.4, -0.2) is 16.2 Å². The lowest BCUT2D eigenvalue weighted by Gasteiger charge is -2.27. The summed E-state index contributed by atoms with van der Waals surface area (Å²) in [6.07, 6.45) is 1.87. The van der Waals surface area contributed by atoms with Crippen LogP contribution < -0.4 is 0 Å². The monoisotopic (exact) mass is 210 g/mol. The van der Waals surface area contributed by atoms with Gasteiger partial charge in [-0.1, -0.05) is 6.92 Å². The molecule has 1 unspecified atom stereocenters. The topological polar surface area (TPSA) is 70.7 Å². The number of rotatable bonds is 3. The Morgan fingerprint density at radius 2 is 2.13 bits per heavy atom. The van der Waals surface area contributed by atoms with Crippen LogP contribution in [0.5, 0.6) is 0 Å². The summed E-state index contributed by atoms with van der Waals surface area (Å²) in [5.41, 5.74) is -1.26. The van der Waals surface area contributed by atoms with Crippen LogP contribution in [-0.2, 0) is 5.60 Å². The van der Waals surface area contributed by atoms with Crippen LogP contribution in [0.4, 0.5) is 0 Å². The van der Waals surface area contributed by atoms with Crippen molar-refractivity contribution in [1.29, 1.82) is 0 Å². The fourth-order valence-electron chi connectivity index (χ4n) is 1.69. The van der Waals surface area contributed by atoms with Gasteiger partial charge in [-0.2, -0.15) is 0 Å². The number of hydrogen-bond donors (Lipinski definition) is 2. The SMILES string of the molecule is CC1(C(C)(O)c2ccc(C(=O)O)o2)CC1. The summed E-state index contributed by atoms with van der Waals surface area (Å²) in [5, 5.41) is 19.0. The van der Waals surface area contributed by atoms with E-state index in [9.17, 15) is 9.90 Å². The second kappa shape index (κ2) is 2.85. The van der Waals surface area contributed by atoms with Gasteiger partial charge in [0.05, 0.1) is 0 Å². The van der Waals surface area contributed by atoms with Gasteiger partial charge in [0.15, 0.2) is 0 Å². The lowest BCUT2D eigenvalue weighted by molar-refractivity contribution is -0.0324. The van der Waals surface area contributed by atoms with Gasteiger partial charge in [0.2, 0.25) is 5.76 Å². The maximum atomic E-state index is 10.6. The summed E-state index contributed by atoms with van der Waals surface area (Å²) in [5.74, 6) is -0.910. The van der Waals surface area contributed by atoms with Crippen LogP contribution >= 0.6 is 0 Å². The highest BCUT2D eigenvalue weighted by Crippen LogP contribution is 2.57. The van der Waals surface area contributed by atoms with Crippen molar-refractivity contribution in [3.63, 3.8) is 0 Å². The van der Waals surface area contributed by atoms with E-state index in [1.807, 2.05) is 6.92 Å². The average Bonchev–Trinajstić information content (AvgIpc) is 2.73. The molecule has 1 aliphatic carbocycles. The predicted octanol–water partition coefficient (Wildman–Crippen LogP) is 1.99. The third kappa shape index (κ3) is 1.45. The molecule has 1 saturated carbocycles. The summed E-state index contributed by atoms with van der Waals surface area (Å²) in [7, 11) is 0. The number of furan rings is 1. The minimum absolute atomic E-state index is 0.130. The van der Waals surface area contributed by atoms with E-state index in [1.165, 1.54) is 12.1 Å². The highest BCUT2D eigenvalue weighted by atomic mass is 16.4. The molecular weight excluding hydrogens is 196 g/mol. The molecule has 0 radical (unpaired) electrons. The van der Waals surface area contributed by atoms with Crippen LogP contribution in [0.2, 0.25) is 0 Å². The van der Waals surface area contributed by atoms with Crippen LogP contribution in [0.1, 0.15) is 43.0 Å². The van der Waals surface area contributed by atoms with Crippen molar-refractivity contribution in [2.24, 2.45) is 5.41 Å². The Morgan fingerprint density at radius 3 is 2.53 bits per heavy atom. The predicted molar refractivity (Wildman–Crippen MR) is 52.6 cm³/mol. The first-order chi connectivity index (χ1) is 6.87. The number of aliphatic hydroxyl groups is 1. The molecule has 1 aromatic rings. The van der Waals surface area contributed by atoms with E-state index in [-0.39, 0.29) is 11.2 Å². The quantitative estimate of drug-likeness (QED) is 0.800. The molecule has 82 valence electrons. The first-order valence-electron chi connectivity index (χ1n) is 4.93. The fraction of sp³-hybridized carbons (Fsp3) is 0.545. The summed E-state index contributed by atoms with van der Waals surface area (Å²) in [4.78, 5) is 10.6. The Balaban J connectivity index is 2.33. The Morgan fingerprint density at radius 1 is 1.53 bits per heavy atom. The fourth-order valence-corrected chi connectivity index (χ4v) is 1.69. The normalized spacial score (nSPS) is 22.1. The maximum absolute atomic E-state index is 10.6. The van der Waals surface area contributed by atoms with Gasteiger partial charge in [-0.3, -0.25) is 0 Å². The average molecular weight is 210 g/mol. The second-order valence-corrected chi connectivity index (χ2v) is 4.60. The standard InChI is InChI=1S/C11H14O4/c1-10(5-6-10)11(2,14)8-4-3-7(15-8)9(12)13/h3-4,14H,5-6H2,1-2H3,(H,12,13). The Bertz CT molecular complexity index is 398. The Kier molecular flexibility index (Phi) is 1.95. The lowest BCUT2D eigenvalue weighted by Crippen LogP contribution is -2.30. The van der Waals surface area contributed by atoms with Crippen molar-refractivity contribution < 1.29 is 19.4 Å². The molecule has 0 saturated heterocycles. The number of carboxylic acid groups (broad SMARTS) is 1. The van der Waals surface area contributed by atoms with E-state index < -0.39 is 11.6 Å². The third-order valence-electron chi connectivity index (χ3n) is 3.47. The van der Waals surface area contributed by atoms with Crippen LogP contribution in [0.15, 0.2) is 16.5 Å². The van der Waals surface area contributed by atoms with Gasteiger partial charge < -0.3 is 14.6 Å². The van der Waals surface area contributed by atoms with E-state index in [2.05, 4.69) is 0 Å². The van der Waals surface area contributed by atoms with E-state index in [1.54, 1.807) is 6.92 Å². The van der Waals surface area contributed by atoms with Crippen LogP contribution in [0, 0.1) is 5.41 Å². The molecule has 0 amide bonds. The lowest BCUT2D eigenvalue weighted by atomic mass is 9.85. The van der Waals surface area contributed by atoms with Gasteiger partial charge in [0.25, 0.3) is 0 Å². The zero-order valence-corrected chi connectivity index (χ0v) is 8.78. The minimum Gasteiger partial charge on any atom is -0.475 e. The molecule has 2 N–H and O–H groups in total. The molecule has 15 heavy (non-hydrogen) atoms. The molecule has 4 nitrogen and oxygen atoms in total. The highest BCUT2D eigenvalue weighted by molar-refractivity contribution is 5.84. The molecule has 0 aromatic carbocycles. The van der Waals surface area contributed by atoms with Gasteiger partial charge in [-0.15, -0.1) is 0 Å². The van der Waals surface area contributed by atoms with Crippen molar-refractivity contribution in [2.45, 2.75) is 32.3 Å². The second-order valence-electron chi connectivity index (χ2n) is 4.60. The number of carboxylic acids is 1. The summed E-state index contributed by atoms with van der Waals surface area (Å²) in [6, 6.07) is 2.91. The first-order valence-corrected chi connectivity index (χ1v) is 4.93. The van der Waals surface area contributed by atoms with E-state index >= 15 is 0 Å². The molecule has 1 aromatic heterocycles. The van der Waals surface area contributed by atoms with Gasteiger partial charge >= 0.3 is 5.97 Å². The van der Waals surface area contributed by atoms with Crippen molar-refractivity contribution in [3.8, 4) is 0 Å². The smallest absolute Gasteiger partial charge is 0.371 e. The van der Waals surface area contributed by atoms with Gasteiger partial charge in [0.1, 0.15) is 11.4 Å². The van der Waals surface area contributed by atoms with Gasteiger partial charge in [-0.25, -0.2) is 4.79 Å². The van der Waals surface area contributed by atoms with Gasteiger partial charge in [0, 0.05) is 5.41 Å². The highest BCUT2D eigenvalue weighted by Gasteiger charge is 2.54. The summed E-state index contributed by atoms with van der Waals surface area (Å²) < 4.78 is 5.13. The molecule has 1 aliphatic rings. The summed E-state index contributed by atoms with van der Waals surface area (Å²) >= 11 is 0.